The molecule has 4 nitrogen and oxygen atoms in total. The molecule has 3 aromatic rings. The zero-order valence-corrected chi connectivity index (χ0v) is 15.9. The second kappa shape index (κ2) is 6.65. The Kier molecular flexibility index (Phi) is 4.32. The van der Waals surface area contributed by atoms with Crippen molar-refractivity contribution in [3.05, 3.63) is 60.2 Å². The van der Waals surface area contributed by atoms with E-state index in [0.29, 0.717) is 12.4 Å². The van der Waals surface area contributed by atoms with Crippen LogP contribution in [0.1, 0.15) is 12.5 Å². The zero-order chi connectivity index (χ0) is 18.1. The molecule has 1 aromatic heterocycles. The molecule has 1 atom stereocenters. The maximum atomic E-state index is 5.63. The average molecular weight is 363 g/mol. The second-order valence-electron chi connectivity index (χ2n) is 6.60. The Morgan fingerprint density at radius 1 is 1.08 bits per heavy atom. The van der Waals surface area contributed by atoms with E-state index < -0.39 is 0 Å². The van der Waals surface area contributed by atoms with Crippen LogP contribution in [0.2, 0.25) is 0 Å². The number of hydrogen-bond acceptors (Lipinski definition) is 5. The first-order valence-corrected chi connectivity index (χ1v) is 9.77. The summed E-state index contributed by atoms with van der Waals surface area (Å²) in [6.45, 7) is 2.81. The normalized spacial score (nSPS) is 19.3. The highest BCUT2D eigenvalue weighted by molar-refractivity contribution is 8.13. The molecular weight excluding hydrogens is 342 g/mol. The summed E-state index contributed by atoms with van der Waals surface area (Å²) in [5, 5.41) is 6.87. The minimum atomic E-state index is -0.293. The van der Waals surface area contributed by atoms with E-state index in [1.165, 1.54) is 10.8 Å². The second-order valence-corrected chi connectivity index (χ2v) is 7.39. The van der Waals surface area contributed by atoms with Gasteiger partial charge in [-0.2, -0.15) is 0 Å². The van der Waals surface area contributed by atoms with Crippen LogP contribution >= 0.6 is 11.8 Å². The van der Waals surface area contributed by atoms with Crippen LogP contribution in [0.25, 0.3) is 22.0 Å². The lowest BCUT2D eigenvalue weighted by Gasteiger charge is -2.26. The number of thioether (sulfide) groups is 1. The van der Waals surface area contributed by atoms with Crippen molar-refractivity contribution in [1.29, 1.82) is 0 Å². The van der Waals surface area contributed by atoms with E-state index in [1.807, 2.05) is 6.26 Å². The third-order valence-corrected chi connectivity index (χ3v) is 5.43. The van der Waals surface area contributed by atoms with Gasteiger partial charge in [0.25, 0.3) is 0 Å². The van der Waals surface area contributed by atoms with Gasteiger partial charge < -0.3 is 10.1 Å². The van der Waals surface area contributed by atoms with Crippen LogP contribution in [0, 0.1) is 0 Å². The van der Waals surface area contributed by atoms with E-state index in [9.17, 15) is 0 Å². The van der Waals surface area contributed by atoms with Crippen LogP contribution < -0.4 is 10.1 Å². The van der Waals surface area contributed by atoms with Crippen LogP contribution in [0.15, 0.2) is 59.6 Å². The molecule has 5 heteroatoms. The molecule has 0 amide bonds. The number of ether oxygens (including phenoxy) is 1. The van der Waals surface area contributed by atoms with Crippen molar-refractivity contribution in [3.63, 3.8) is 0 Å². The van der Waals surface area contributed by atoms with Gasteiger partial charge >= 0.3 is 0 Å². The molecule has 0 fully saturated rings. The molecule has 1 aliphatic rings. The molecule has 0 bridgehead atoms. The fraction of sp³-hybridized carbons (Fsp3) is 0.238. The number of fused-ring (bicyclic) bond motifs is 1. The number of nitrogens with zero attached hydrogens (tertiary/aromatic N) is 2. The average Bonchev–Trinajstić information content (AvgIpc) is 3.09. The predicted molar refractivity (Wildman–Crippen MR) is 110 cm³/mol. The van der Waals surface area contributed by atoms with Crippen molar-refractivity contribution in [2.75, 3.05) is 19.9 Å². The molecule has 1 aliphatic heterocycles. The van der Waals surface area contributed by atoms with Gasteiger partial charge in [-0.3, -0.25) is 4.99 Å². The molecule has 4 rings (SSSR count). The molecule has 0 radical (unpaired) electrons. The van der Waals surface area contributed by atoms with E-state index in [1.54, 1.807) is 18.9 Å². The fourth-order valence-electron chi connectivity index (χ4n) is 3.34. The minimum absolute atomic E-state index is 0.293. The molecule has 2 aromatic carbocycles. The smallest absolute Gasteiger partial charge is 0.219 e. The fourth-order valence-corrected chi connectivity index (χ4v) is 3.86. The van der Waals surface area contributed by atoms with Crippen molar-refractivity contribution in [1.82, 2.24) is 10.3 Å². The zero-order valence-electron chi connectivity index (χ0n) is 15.1. The van der Waals surface area contributed by atoms with Crippen molar-refractivity contribution in [3.8, 4) is 17.1 Å². The van der Waals surface area contributed by atoms with Gasteiger partial charge in [-0.25, -0.2) is 4.98 Å². The third-order valence-electron chi connectivity index (χ3n) is 4.81. The number of hydrogen-bond donors (Lipinski definition) is 1. The van der Waals surface area contributed by atoms with Gasteiger partial charge in [-0.15, -0.1) is 0 Å². The first-order chi connectivity index (χ1) is 12.6. The Hall–Kier alpha value is -2.53. The summed E-state index contributed by atoms with van der Waals surface area (Å²) in [5.41, 5.74) is 2.72. The highest BCUT2D eigenvalue weighted by Crippen LogP contribution is 2.34. The van der Waals surface area contributed by atoms with Gasteiger partial charge in [0.05, 0.1) is 24.9 Å². The SMILES string of the molecule is COc1nc(-c2ccc3ccccc3c2)ccc1C1(C)CN=C(SC)N1. The predicted octanol–water partition coefficient (Wildman–Crippen LogP) is 4.45. The summed E-state index contributed by atoms with van der Waals surface area (Å²) in [6.07, 6.45) is 2.02. The summed E-state index contributed by atoms with van der Waals surface area (Å²) in [5.74, 6) is 0.642. The first kappa shape index (κ1) is 16.9. The van der Waals surface area contributed by atoms with Crippen molar-refractivity contribution >= 4 is 27.7 Å². The number of aromatic nitrogens is 1. The maximum Gasteiger partial charge on any atom is 0.219 e. The Labute approximate surface area is 157 Å². The van der Waals surface area contributed by atoms with Crippen molar-refractivity contribution in [2.45, 2.75) is 12.5 Å². The lowest BCUT2D eigenvalue weighted by molar-refractivity contribution is 0.370. The number of rotatable bonds is 3. The molecule has 0 spiro atoms. The summed E-state index contributed by atoms with van der Waals surface area (Å²) < 4.78 is 5.63. The Morgan fingerprint density at radius 2 is 1.88 bits per heavy atom. The van der Waals surface area contributed by atoms with E-state index in [-0.39, 0.29) is 5.54 Å². The van der Waals surface area contributed by atoms with Gasteiger partial charge in [0.2, 0.25) is 5.88 Å². The van der Waals surface area contributed by atoms with E-state index >= 15 is 0 Å². The van der Waals surface area contributed by atoms with Crippen LogP contribution in [-0.4, -0.2) is 30.1 Å². The van der Waals surface area contributed by atoms with Crippen molar-refractivity contribution < 1.29 is 4.74 Å². The summed E-state index contributed by atoms with van der Waals surface area (Å²) in [4.78, 5) is 9.35. The Balaban J connectivity index is 1.73. The quantitative estimate of drug-likeness (QED) is 0.747. The summed E-state index contributed by atoms with van der Waals surface area (Å²) in [7, 11) is 1.67. The number of nitrogens with one attached hydrogen (secondary N) is 1. The van der Waals surface area contributed by atoms with Crippen LogP contribution in [-0.2, 0) is 5.54 Å². The van der Waals surface area contributed by atoms with E-state index in [2.05, 4.69) is 71.8 Å². The van der Waals surface area contributed by atoms with Gasteiger partial charge in [-0.1, -0.05) is 48.2 Å². The Morgan fingerprint density at radius 3 is 2.62 bits per heavy atom. The maximum absolute atomic E-state index is 5.63. The molecule has 1 unspecified atom stereocenters. The molecule has 0 aliphatic carbocycles. The van der Waals surface area contributed by atoms with Gasteiger partial charge in [-0.05, 0) is 42.2 Å². The number of aliphatic imine (C=N–C) groups is 1. The highest BCUT2D eigenvalue weighted by Gasteiger charge is 2.35. The topological polar surface area (TPSA) is 46.5 Å². The van der Waals surface area contributed by atoms with Gasteiger partial charge in [0.1, 0.15) is 0 Å². The largest absolute Gasteiger partial charge is 0.481 e. The lowest BCUT2D eigenvalue weighted by Crippen LogP contribution is -2.39. The molecule has 132 valence electrons. The molecule has 2 heterocycles. The van der Waals surface area contributed by atoms with Crippen molar-refractivity contribution in [2.24, 2.45) is 4.99 Å². The molecule has 0 saturated heterocycles. The minimum Gasteiger partial charge on any atom is -0.481 e. The van der Waals surface area contributed by atoms with Crippen LogP contribution in [0.5, 0.6) is 5.88 Å². The summed E-state index contributed by atoms with van der Waals surface area (Å²) in [6, 6.07) is 18.9. The number of methoxy groups -OCH3 is 1. The monoisotopic (exact) mass is 363 g/mol. The van der Waals surface area contributed by atoms with Gasteiger partial charge in [0.15, 0.2) is 5.17 Å². The number of benzene rings is 2. The van der Waals surface area contributed by atoms with Crippen LogP contribution in [0.4, 0.5) is 0 Å². The summed E-state index contributed by atoms with van der Waals surface area (Å²) >= 11 is 1.62. The van der Waals surface area contributed by atoms with E-state index in [0.717, 1.165) is 22.0 Å². The molecule has 1 N–H and O–H groups in total. The number of amidine groups is 1. The van der Waals surface area contributed by atoms with E-state index in [4.69, 9.17) is 9.72 Å². The number of pyridine rings is 1. The molecule has 26 heavy (non-hydrogen) atoms. The van der Waals surface area contributed by atoms with Gasteiger partial charge in [0, 0.05) is 11.1 Å². The first-order valence-electron chi connectivity index (χ1n) is 8.54. The standard InChI is InChI=1S/C21H21N3OS/c1-21(13-22-20(24-21)26-3)17-10-11-18(23-19(17)25-2)16-9-8-14-6-4-5-7-15(14)12-16/h4-12H,13H2,1-3H3,(H,22,24). The highest BCUT2D eigenvalue weighted by atomic mass is 32.2. The molecular formula is C21H21N3OS. The van der Waals surface area contributed by atoms with Crippen LogP contribution in [0.3, 0.4) is 0 Å². The Bertz CT molecular complexity index is 1000. The molecule has 0 saturated carbocycles. The third kappa shape index (κ3) is 2.92. The lowest BCUT2D eigenvalue weighted by atomic mass is 9.93.